The van der Waals surface area contributed by atoms with E-state index in [1.807, 2.05) is 43.5 Å². The highest BCUT2D eigenvalue weighted by atomic mass is 19.1. The van der Waals surface area contributed by atoms with E-state index in [9.17, 15) is 4.39 Å². The molecule has 0 amide bonds. The maximum absolute atomic E-state index is 14.7. The van der Waals surface area contributed by atoms with E-state index in [2.05, 4.69) is 32.1 Å². The summed E-state index contributed by atoms with van der Waals surface area (Å²) in [6.07, 6.45) is 3.83. The summed E-state index contributed by atoms with van der Waals surface area (Å²) >= 11 is 0. The van der Waals surface area contributed by atoms with Crippen LogP contribution in [0.5, 0.6) is 0 Å². The lowest BCUT2D eigenvalue weighted by Crippen LogP contribution is -2.46. The van der Waals surface area contributed by atoms with Crippen molar-refractivity contribution < 1.29 is 4.39 Å². The van der Waals surface area contributed by atoms with E-state index in [-0.39, 0.29) is 5.82 Å². The van der Waals surface area contributed by atoms with Gasteiger partial charge in [-0.3, -0.25) is 9.67 Å². The van der Waals surface area contributed by atoms with Gasteiger partial charge in [0, 0.05) is 72.2 Å². The van der Waals surface area contributed by atoms with Crippen LogP contribution in [-0.4, -0.2) is 72.4 Å². The number of halogens is 1. The van der Waals surface area contributed by atoms with Gasteiger partial charge in [0.05, 0.1) is 11.9 Å². The number of rotatable bonds is 6. The lowest BCUT2D eigenvalue weighted by atomic mass is 10.1. The van der Waals surface area contributed by atoms with Crippen molar-refractivity contribution in [3.05, 3.63) is 47.5 Å². The number of aliphatic imine (C=N–C) groups is 1. The summed E-state index contributed by atoms with van der Waals surface area (Å²) in [6, 6.07) is 5.52. The van der Waals surface area contributed by atoms with E-state index in [1.165, 1.54) is 0 Å². The predicted octanol–water partition coefficient (Wildman–Crippen LogP) is 1.91. The first-order valence-electron chi connectivity index (χ1n) is 10.1. The highest BCUT2D eigenvalue weighted by Crippen LogP contribution is 2.22. The van der Waals surface area contributed by atoms with Crippen LogP contribution in [0.3, 0.4) is 0 Å². The van der Waals surface area contributed by atoms with E-state index >= 15 is 0 Å². The number of hydrogen-bond donors (Lipinski definition) is 1. The number of aromatic nitrogens is 2. The quantitative estimate of drug-likeness (QED) is 0.592. The lowest BCUT2D eigenvalue weighted by molar-refractivity contribution is 0.270. The largest absolute Gasteiger partial charge is 0.367 e. The Kier molecular flexibility index (Phi) is 7.09. The molecule has 0 saturated carbocycles. The Morgan fingerprint density at radius 3 is 2.59 bits per heavy atom. The summed E-state index contributed by atoms with van der Waals surface area (Å²) in [4.78, 5) is 10.9. The highest BCUT2D eigenvalue weighted by Gasteiger charge is 2.18. The minimum absolute atomic E-state index is 0.159. The van der Waals surface area contributed by atoms with Gasteiger partial charge in [-0.25, -0.2) is 4.39 Å². The van der Waals surface area contributed by atoms with Crippen LogP contribution in [0.15, 0.2) is 35.6 Å². The third-order valence-corrected chi connectivity index (χ3v) is 5.37. The van der Waals surface area contributed by atoms with E-state index in [0.717, 1.165) is 49.8 Å². The van der Waals surface area contributed by atoms with Gasteiger partial charge in [-0.2, -0.15) is 5.10 Å². The number of benzene rings is 1. The molecule has 3 rings (SSSR count). The van der Waals surface area contributed by atoms with Gasteiger partial charge in [0.25, 0.3) is 0 Å². The molecule has 1 saturated heterocycles. The molecule has 8 heteroatoms. The smallest absolute Gasteiger partial charge is 0.193 e. The molecule has 2 aromatic rings. The molecule has 2 heterocycles. The zero-order valence-corrected chi connectivity index (χ0v) is 17.9. The SMILES string of the molecule is CCN1CCN(c2ccc(CNC(=NC)N(C)Cc3cnn(C)c3)cc2F)CC1. The van der Waals surface area contributed by atoms with Crippen molar-refractivity contribution in [3.63, 3.8) is 0 Å². The average Bonchev–Trinajstić information content (AvgIpc) is 3.13. The average molecular weight is 402 g/mol. The third kappa shape index (κ3) is 5.47. The minimum Gasteiger partial charge on any atom is -0.367 e. The molecule has 1 aliphatic rings. The second-order valence-corrected chi connectivity index (χ2v) is 7.49. The highest BCUT2D eigenvalue weighted by molar-refractivity contribution is 5.79. The van der Waals surface area contributed by atoms with Gasteiger partial charge in [-0.05, 0) is 24.2 Å². The second kappa shape index (κ2) is 9.73. The topological polar surface area (TPSA) is 51.9 Å². The minimum atomic E-state index is -0.159. The van der Waals surface area contributed by atoms with E-state index < -0.39 is 0 Å². The monoisotopic (exact) mass is 401 g/mol. The molecule has 0 spiro atoms. The fraction of sp³-hybridized carbons (Fsp3) is 0.524. The molecule has 0 aliphatic carbocycles. The Hall–Kier alpha value is -2.61. The first-order chi connectivity index (χ1) is 14.0. The molecular formula is C21H32FN7. The summed E-state index contributed by atoms with van der Waals surface area (Å²) in [5.41, 5.74) is 2.70. The van der Waals surface area contributed by atoms with Gasteiger partial charge in [0.1, 0.15) is 5.82 Å². The van der Waals surface area contributed by atoms with Crippen LogP contribution >= 0.6 is 0 Å². The van der Waals surface area contributed by atoms with Crippen LogP contribution in [0.2, 0.25) is 0 Å². The normalized spacial score (nSPS) is 15.6. The summed E-state index contributed by atoms with van der Waals surface area (Å²) in [5, 5.41) is 7.51. The second-order valence-electron chi connectivity index (χ2n) is 7.49. The maximum Gasteiger partial charge on any atom is 0.193 e. The number of anilines is 1. The number of piperazine rings is 1. The Balaban J connectivity index is 1.56. The molecule has 1 aromatic heterocycles. The van der Waals surface area contributed by atoms with Gasteiger partial charge >= 0.3 is 0 Å². The van der Waals surface area contributed by atoms with Crippen molar-refractivity contribution in [1.82, 2.24) is 24.9 Å². The number of likely N-dealkylation sites (N-methyl/N-ethyl adjacent to an activating group) is 1. The number of nitrogens with zero attached hydrogens (tertiary/aromatic N) is 6. The van der Waals surface area contributed by atoms with Gasteiger partial charge in [-0.1, -0.05) is 13.0 Å². The molecule has 0 unspecified atom stereocenters. The van der Waals surface area contributed by atoms with Crippen LogP contribution in [0.1, 0.15) is 18.1 Å². The zero-order chi connectivity index (χ0) is 20.8. The molecule has 7 nitrogen and oxygen atoms in total. The summed E-state index contributed by atoms with van der Waals surface area (Å²) in [7, 11) is 5.63. The lowest BCUT2D eigenvalue weighted by Gasteiger charge is -2.35. The molecule has 158 valence electrons. The zero-order valence-electron chi connectivity index (χ0n) is 17.9. The molecule has 0 bridgehead atoms. The third-order valence-electron chi connectivity index (χ3n) is 5.37. The van der Waals surface area contributed by atoms with Crippen molar-refractivity contribution in [1.29, 1.82) is 0 Å². The standard InChI is InChI=1S/C21H32FN7/c1-5-28-8-10-29(11-9-28)20-7-6-17(12-19(20)22)13-24-21(23-2)26(3)15-18-14-25-27(4)16-18/h6-7,12,14,16H,5,8-11,13,15H2,1-4H3,(H,23,24). The number of hydrogen-bond acceptors (Lipinski definition) is 4. The van der Waals surface area contributed by atoms with Gasteiger partial charge in [0.2, 0.25) is 0 Å². The molecule has 1 aromatic carbocycles. The summed E-state index contributed by atoms with van der Waals surface area (Å²) in [5.74, 6) is 0.599. The van der Waals surface area contributed by atoms with Crippen LogP contribution < -0.4 is 10.2 Å². The Morgan fingerprint density at radius 2 is 2.00 bits per heavy atom. The summed E-state index contributed by atoms with van der Waals surface area (Å²) in [6.45, 7) is 8.15. The number of nitrogens with one attached hydrogen (secondary N) is 1. The molecular weight excluding hydrogens is 369 g/mol. The van der Waals surface area contributed by atoms with Crippen LogP contribution in [-0.2, 0) is 20.1 Å². The van der Waals surface area contributed by atoms with E-state index in [0.29, 0.717) is 18.8 Å². The van der Waals surface area contributed by atoms with E-state index in [1.54, 1.807) is 17.8 Å². The van der Waals surface area contributed by atoms with Crippen molar-refractivity contribution in [2.45, 2.75) is 20.0 Å². The first-order valence-corrected chi connectivity index (χ1v) is 10.1. The summed E-state index contributed by atoms with van der Waals surface area (Å²) < 4.78 is 16.5. The number of aryl methyl sites for hydroxylation is 1. The van der Waals surface area contributed by atoms with E-state index in [4.69, 9.17) is 0 Å². The van der Waals surface area contributed by atoms with Gasteiger partial charge < -0.3 is 20.0 Å². The first kappa shape index (κ1) is 21.1. The van der Waals surface area contributed by atoms with Crippen LogP contribution in [0.4, 0.5) is 10.1 Å². The molecule has 1 N–H and O–H groups in total. The molecule has 0 radical (unpaired) electrons. The van der Waals surface area contributed by atoms with Crippen molar-refractivity contribution in [2.75, 3.05) is 51.7 Å². The fourth-order valence-corrected chi connectivity index (χ4v) is 3.69. The van der Waals surface area contributed by atoms with Crippen molar-refractivity contribution in [2.24, 2.45) is 12.0 Å². The molecule has 29 heavy (non-hydrogen) atoms. The van der Waals surface area contributed by atoms with Crippen LogP contribution in [0, 0.1) is 5.82 Å². The Morgan fingerprint density at radius 1 is 1.24 bits per heavy atom. The molecule has 0 atom stereocenters. The van der Waals surface area contributed by atoms with Crippen molar-refractivity contribution in [3.8, 4) is 0 Å². The van der Waals surface area contributed by atoms with Gasteiger partial charge in [-0.15, -0.1) is 0 Å². The van der Waals surface area contributed by atoms with Gasteiger partial charge in [0.15, 0.2) is 5.96 Å². The molecule has 1 fully saturated rings. The Labute approximate surface area is 172 Å². The number of guanidine groups is 1. The maximum atomic E-state index is 14.7. The molecule has 1 aliphatic heterocycles. The van der Waals surface area contributed by atoms with Crippen molar-refractivity contribution >= 4 is 11.6 Å². The predicted molar refractivity (Wildman–Crippen MR) is 116 cm³/mol. The van der Waals surface area contributed by atoms with Crippen LogP contribution in [0.25, 0.3) is 0 Å². The fourth-order valence-electron chi connectivity index (χ4n) is 3.69. The Bertz CT molecular complexity index is 824.